The maximum absolute atomic E-state index is 6.78. The van der Waals surface area contributed by atoms with Gasteiger partial charge in [-0.05, 0) is 32.4 Å². The van der Waals surface area contributed by atoms with Crippen LogP contribution in [-0.4, -0.2) is 4.98 Å². The van der Waals surface area contributed by atoms with Crippen molar-refractivity contribution < 1.29 is 0 Å². The van der Waals surface area contributed by atoms with Crippen molar-refractivity contribution >= 4 is 11.3 Å². The Bertz CT molecular complexity index is 362. The molecule has 1 rings (SSSR count). The Hall–Kier alpha value is -1.62. The van der Waals surface area contributed by atoms with Gasteiger partial charge in [0.2, 0.25) is 5.69 Å². The summed E-state index contributed by atoms with van der Waals surface area (Å²) in [5.74, 6) is 0. The largest absolute Gasteiger partial charge is 0.268 e. The second kappa shape index (κ2) is 3.86. The number of hydrogen-bond acceptors (Lipinski definition) is 1. The summed E-state index contributed by atoms with van der Waals surface area (Å²) in [6.45, 7) is 12.9. The summed E-state index contributed by atoms with van der Waals surface area (Å²) in [6.07, 6.45) is 1.61. The molecule has 0 aliphatic heterocycles. The van der Waals surface area contributed by atoms with E-state index in [9.17, 15) is 0 Å². The molecular weight excluding hydrogens is 160 g/mol. The van der Waals surface area contributed by atoms with E-state index >= 15 is 0 Å². The van der Waals surface area contributed by atoms with Gasteiger partial charge in [0.25, 0.3) is 0 Å². The van der Waals surface area contributed by atoms with Crippen molar-refractivity contribution in [3.8, 4) is 0 Å². The number of allylic oxidation sites excluding steroid dienone is 2. The van der Waals surface area contributed by atoms with E-state index < -0.39 is 0 Å². The summed E-state index contributed by atoms with van der Waals surface area (Å²) >= 11 is 0. The van der Waals surface area contributed by atoms with Gasteiger partial charge in [-0.3, -0.25) is 4.98 Å². The van der Waals surface area contributed by atoms with Gasteiger partial charge >= 0.3 is 0 Å². The van der Waals surface area contributed by atoms with Crippen LogP contribution in [0.25, 0.3) is 10.4 Å². The average Bonchev–Trinajstić information content (AvgIpc) is 2.17. The molecule has 0 bridgehead atoms. The maximum atomic E-state index is 6.78. The Kier molecular flexibility index (Phi) is 2.81. The van der Waals surface area contributed by atoms with Crippen molar-refractivity contribution in [2.75, 3.05) is 0 Å². The highest BCUT2D eigenvalue weighted by atomic mass is 14.7. The third-order valence-electron chi connectivity index (χ3n) is 2.01. The molecule has 0 saturated heterocycles. The van der Waals surface area contributed by atoms with Gasteiger partial charge in [0.05, 0.1) is 12.3 Å². The highest BCUT2D eigenvalue weighted by Gasteiger charge is 1.98. The number of aromatic nitrogens is 1. The zero-order chi connectivity index (χ0) is 9.84. The lowest BCUT2D eigenvalue weighted by Gasteiger charge is -2.02. The zero-order valence-corrected chi connectivity index (χ0v) is 8.13. The molecule has 0 N–H and O–H groups in total. The topological polar surface area (TPSA) is 17.2 Å². The molecule has 0 radical (unpaired) electrons. The predicted octanol–water partition coefficient (Wildman–Crippen LogP) is 3.45. The molecule has 13 heavy (non-hydrogen) atoms. The third kappa shape index (κ3) is 2.16. The summed E-state index contributed by atoms with van der Waals surface area (Å²) in [7, 11) is 0. The van der Waals surface area contributed by atoms with E-state index in [1.165, 1.54) is 11.1 Å². The molecule has 1 aromatic rings. The van der Waals surface area contributed by atoms with Gasteiger partial charge in [-0.25, -0.2) is 4.85 Å². The van der Waals surface area contributed by atoms with Gasteiger partial charge in [0.1, 0.15) is 0 Å². The highest BCUT2D eigenvalue weighted by molar-refractivity contribution is 5.64. The van der Waals surface area contributed by atoms with Crippen LogP contribution in [0.3, 0.4) is 0 Å². The predicted molar refractivity (Wildman–Crippen MR) is 54.4 cm³/mol. The van der Waals surface area contributed by atoms with E-state index in [2.05, 4.69) is 23.7 Å². The SMILES string of the molecule is [C-]#[N+]c1ccc(C(C)=C(C)C)nc1. The zero-order valence-electron chi connectivity index (χ0n) is 8.13. The minimum Gasteiger partial charge on any atom is -0.268 e. The first-order valence-corrected chi connectivity index (χ1v) is 4.13. The number of rotatable bonds is 1. The second-order valence-corrected chi connectivity index (χ2v) is 3.14. The van der Waals surface area contributed by atoms with Crippen LogP contribution >= 0.6 is 0 Å². The minimum absolute atomic E-state index is 0.588. The summed E-state index contributed by atoms with van der Waals surface area (Å²) in [4.78, 5) is 7.49. The molecule has 0 aliphatic rings. The fraction of sp³-hybridized carbons (Fsp3) is 0.273. The molecule has 1 aromatic heterocycles. The van der Waals surface area contributed by atoms with E-state index in [1.54, 1.807) is 12.3 Å². The monoisotopic (exact) mass is 172 g/mol. The first-order valence-electron chi connectivity index (χ1n) is 4.13. The molecule has 0 unspecified atom stereocenters. The van der Waals surface area contributed by atoms with E-state index in [1.807, 2.05) is 13.0 Å². The van der Waals surface area contributed by atoms with Crippen molar-refractivity contribution in [3.63, 3.8) is 0 Å². The molecule has 2 nitrogen and oxygen atoms in total. The standard InChI is InChI=1S/C11H12N2/c1-8(2)9(3)11-6-5-10(12-4)7-13-11/h5-7H,1-3H3. The molecule has 0 aliphatic carbocycles. The number of hydrogen-bond donors (Lipinski definition) is 0. The molecule has 0 spiro atoms. The Balaban J connectivity index is 3.08. The number of pyridine rings is 1. The summed E-state index contributed by atoms with van der Waals surface area (Å²) in [5, 5.41) is 0. The van der Waals surface area contributed by atoms with Crippen molar-refractivity contribution in [2.45, 2.75) is 20.8 Å². The summed E-state index contributed by atoms with van der Waals surface area (Å²) in [6, 6.07) is 3.68. The van der Waals surface area contributed by atoms with Crippen LogP contribution in [0.1, 0.15) is 26.5 Å². The molecule has 0 aromatic carbocycles. The average molecular weight is 172 g/mol. The van der Waals surface area contributed by atoms with E-state index in [4.69, 9.17) is 6.57 Å². The summed E-state index contributed by atoms with van der Waals surface area (Å²) in [5.41, 5.74) is 3.97. The van der Waals surface area contributed by atoms with Crippen LogP contribution in [0, 0.1) is 6.57 Å². The van der Waals surface area contributed by atoms with Crippen LogP contribution in [-0.2, 0) is 0 Å². The molecule has 1 heterocycles. The van der Waals surface area contributed by atoms with Crippen LogP contribution in [0.15, 0.2) is 23.9 Å². The van der Waals surface area contributed by atoms with Gasteiger partial charge in [0, 0.05) is 6.20 Å². The van der Waals surface area contributed by atoms with E-state index in [0.29, 0.717) is 5.69 Å². The Labute approximate surface area is 78.8 Å². The van der Waals surface area contributed by atoms with Crippen LogP contribution in [0.5, 0.6) is 0 Å². The molecule has 0 amide bonds. The molecule has 2 heteroatoms. The normalized spacial score (nSPS) is 9.08. The van der Waals surface area contributed by atoms with Gasteiger partial charge in [-0.2, -0.15) is 0 Å². The van der Waals surface area contributed by atoms with Crippen molar-refractivity contribution in [1.29, 1.82) is 0 Å². The van der Waals surface area contributed by atoms with Crippen molar-refractivity contribution in [1.82, 2.24) is 4.98 Å². The van der Waals surface area contributed by atoms with E-state index in [0.717, 1.165) is 5.69 Å². The fourth-order valence-electron chi connectivity index (χ4n) is 0.930. The van der Waals surface area contributed by atoms with Crippen LogP contribution in [0.4, 0.5) is 5.69 Å². The molecule has 0 atom stereocenters. The second-order valence-electron chi connectivity index (χ2n) is 3.14. The Morgan fingerprint density at radius 1 is 1.31 bits per heavy atom. The van der Waals surface area contributed by atoms with Crippen LogP contribution in [0.2, 0.25) is 0 Å². The molecular formula is C11H12N2. The van der Waals surface area contributed by atoms with E-state index in [-0.39, 0.29) is 0 Å². The lowest BCUT2D eigenvalue weighted by atomic mass is 10.1. The third-order valence-corrected chi connectivity index (χ3v) is 2.01. The molecule has 0 fully saturated rings. The van der Waals surface area contributed by atoms with Crippen molar-refractivity contribution in [2.24, 2.45) is 0 Å². The minimum atomic E-state index is 0.588. The first kappa shape index (κ1) is 9.47. The smallest absolute Gasteiger partial charge is 0.205 e. The van der Waals surface area contributed by atoms with Crippen LogP contribution < -0.4 is 0 Å². The van der Waals surface area contributed by atoms with Crippen molar-refractivity contribution in [3.05, 3.63) is 41.0 Å². The highest BCUT2D eigenvalue weighted by Crippen LogP contribution is 2.18. The quantitative estimate of drug-likeness (QED) is 0.593. The van der Waals surface area contributed by atoms with Gasteiger partial charge in [0.15, 0.2) is 0 Å². The van der Waals surface area contributed by atoms with Gasteiger partial charge in [-0.15, -0.1) is 0 Å². The van der Waals surface area contributed by atoms with Gasteiger partial charge in [-0.1, -0.05) is 11.6 Å². The first-order chi connectivity index (χ1) is 6.15. The Morgan fingerprint density at radius 3 is 2.38 bits per heavy atom. The molecule has 0 saturated carbocycles. The maximum Gasteiger partial charge on any atom is 0.205 e. The number of nitrogens with zero attached hydrogens (tertiary/aromatic N) is 2. The lowest BCUT2D eigenvalue weighted by Crippen LogP contribution is -1.85. The lowest BCUT2D eigenvalue weighted by molar-refractivity contribution is 1.24. The summed E-state index contributed by atoms with van der Waals surface area (Å²) < 4.78 is 0. The Morgan fingerprint density at radius 2 is 2.00 bits per heavy atom. The fourth-order valence-corrected chi connectivity index (χ4v) is 0.930. The molecule has 66 valence electrons. The van der Waals surface area contributed by atoms with Gasteiger partial charge < -0.3 is 0 Å².